The molecule has 0 bridgehead atoms. The van der Waals surface area contributed by atoms with Crippen LogP contribution in [0.4, 0.5) is 0 Å². The second-order valence-electron chi connectivity index (χ2n) is 18.3. The quantitative estimate of drug-likeness (QED) is 0.127. The third-order valence-corrected chi connectivity index (χ3v) is 9.76. The van der Waals surface area contributed by atoms with Crippen LogP contribution in [-0.4, -0.2) is 111 Å². The first kappa shape index (κ1) is 129. The van der Waals surface area contributed by atoms with Gasteiger partial charge in [0, 0.05) is 67.7 Å². The van der Waals surface area contributed by atoms with E-state index in [-0.39, 0.29) is 0 Å². The van der Waals surface area contributed by atoms with Gasteiger partial charge in [0.05, 0.1) is 41.9 Å². The first-order valence-electron chi connectivity index (χ1n) is 39.8. The normalized spacial score (nSPS) is 9.28. The Morgan fingerprint density at radius 1 is 0.239 bits per heavy atom. The van der Waals surface area contributed by atoms with Crippen molar-refractivity contribution in [3.8, 4) is 0 Å². The maximum Gasteiger partial charge on any atom is 0.147 e. The number of hydrogen-bond donors (Lipinski definition) is 0. The van der Waals surface area contributed by atoms with E-state index in [1.807, 2.05) is 266 Å². The summed E-state index contributed by atoms with van der Waals surface area (Å²) < 4.78 is 0. The first-order chi connectivity index (χ1) is 53.1. The van der Waals surface area contributed by atoms with Gasteiger partial charge in [-0.3, -0.25) is 9.97 Å². The molecule has 109 heavy (non-hydrogen) atoms. The van der Waals surface area contributed by atoms with Gasteiger partial charge in [0.1, 0.15) is 55.4 Å². The topological polar surface area (TPSA) is 284 Å². The molecular formula is C87H160N22. The van der Waals surface area contributed by atoms with E-state index >= 15 is 0 Å². The van der Waals surface area contributed by atoms with E-state index in [1.165, 1.54) is 75.6 Å². The van der Waals surface area contributed by atoms with Crippen LogP contribution in [0.2, 0.25) is 0 Å². The van der Waals surface area contributed by atoms with Crippen LogP contribution in [0.25, 0.3) is 0 Å². The average Bonchev–Trinajstić information content (AvgIpc) is 1.89. The molecule has 9 heterocycles. The van der Waals surface area contributed by atoms with Crippen molar-refractivity contribution in [2.45, 2.75) is 302 Å². The van der Waals surface area contributed by atoms with Crippen LogP contribution in [0.1, 0.15) is 290 Å². The molecule has 0 N–H and O–H groups in total. The van der Waals surface area contributed by atoms with Gasteiger partial charge in [0.2, 0.25) is 0 Å². The molecule has 22 nitrogen and oxygen atoms in total. The van der Waals surface area contributed by atoms with E-state index in [1.54, 1.807) is 99.7 Å². The van der Waals surface area contributed by atoms with Crippen molar-refractivity contribution in [3.63, 3.8) is 0 Å². The number of rotatable bonds is 0. The molecule has 0 amide bonds. The number of allylic oxidation sites excluding steroid dienone is 2. The maximum absolute atomic E-state index is 3.92. The lowest BCUT2D eigenvalue weighted by Gasteiger charge is -2.18. The third-order valence-electron chi connectivity index (χ3n) is 9.76. The smallest absolute Gasteiger partial charge is 0.147 e. The first-order valence-corrected chi connectivity index (χ1v) is 39.8. The molecule has 9 aromatic heterocycles. The molecule has 22 heteroatoms. The van der Waals surface area contributed by atoms with E-state index in [0.29, 0.717) is 5.82 Å². The van der Waals surface area contributed by atoms with Gasteiger partial charge >= 0.3 is 0 Å². The summed E-state index contributed by atoms with van der Waals surface area (Å²) in [7, 11) is 0. The van der Waals surface area contributed by atoms with E-state index in [2.05, 4.69) is 163 Å². The molecule has 2 saturated carbocycles. The standard InChI is InChI=1S/C7H8.5C5H6N2.C5H10.4C4H5N3.C4H8.C4H6.13C2H6/c1-7-5-3-2-4-6-7;1-5-2-6-4-7-3-5;1-5-4-6-2-3-7-5;1-5-2-3-6-4-7-5;1-5-2-3-6-7-4-5;1-5-6-3-2-4-7-5;1-5-3-2-4-5;1-4-6-2-5-3-7-4;1-4-2-6-7-3-5-4;1-4-2-5-3-6-7-4;1-4-5-2-3-6-7-4;2*1-4-2-3-4;13*1-2/h2-6H,1H3;5*2-4H,1H3;5H,2-4H2,1H3;4*2-3H,1H3;4H,2-3H2,1H3;2-4H,1H3;13*1-2H3. The monoisotopic (exact) mass is 1510 g/mol. The van der Waals surface area contributed by atoms with Gasteiger partial charge in [-0.25, -0.2) is 59.8 Å². The highest BCUT2D eigenvalue weighted by Crippen LogP contribution is 2.26. The van der Waals surface area contributed by atoms with Gasteiger partial charge in [-0.2, -0.15) is 25.5 Å². The predicted molar refractivity (Wildman–Crippen MR) is 471 cm³/mol. The second kappa shape index (κ2) is 125. The zero-order valence-corrected chi connectivity index (χ0v) is 76.4. The number of aromatic nitrogens is 22. The van der Waals surface area contributed by atoms with Crippen molar-refractivity contribution in [2.24, 2.45) is 17.8 Å². The minimum atomic E-state index is 0.711. The number of aryl methyl sites for hydroxylation is 10. The summed E-state index contributed by atoms with van der Waals surface area (Å²) in [5.41, 5.74) is 7.29. The van der Waals surface area contributed by atoms with Crippen molar-refractivity contribution in [1.29, 1.82) is 0 Å². The van der Waals surface area contributed by atoms with Crippen LogP contribution in [0.5, 0.6) is 0 Å². The summed E-state index contributed by atoms with van der Waals surface area (Å²) in [4.78, 5) is 53.1. The minimum absolute atomic E-state index is 0.711. The molecule has 0 unspecified atom stereocenters. The Labute approximate surface area is 669 Å². The SMILES string of the molecule is CC.CC.CC.CC.CC.CC.CC.CC.CC.CC.CC.CC.CC.CC1C=C1.CC1CC1.CC1CCC1.Cc1ccccc1.Cc1ccncn1.Cc1ccnnc1.Cc1cnccn1.Cc1cncnc1.Cc1cncnn1.Cc1cnncn1.Cc1ncccn1.Cc1nccnn1.Cc1ncncn1. The summed E-state index contributed by atoms with van der Waals surface area (Å²) in [6.45, 7) is 77.8. The fourth-order valence-corrected chi connectivity index (χ4v) is 4.48. The predicted octanol–water partition coefficient (Wildman–Crippen LogP) is 24.4. The Kier molecular flexibility index (Phi) is 148. The molecule has 0 atom stereocenters. The molecule has 2 fully saturated rings. The molecule has 13 rings (SSSR count). The van der Waals surface area contributed by atoms with Crippen LogP contribution >= 0.6 is 0 Å². The third kappa shape index (κ3) is 135. The molecule has 618 valence electrons. The second-order valence-corrected chi connectivity index (χ2v) is 18.3. The van der Waals surface area contributed by atoms with Gasteiger partial charge in [0.15, 0.2) is 0 Å². The molecule has 3 aliphatic carbocycles. The van der Waals surface area contributed by atoms with Crippen molar-refractivity contribution < 1.29 is 0 Å². The highest BCUT2D eigenvalue weighted by Gasteiger charge is 2.12. The number of benzene rings is 1. The van der Waals surface area contributed by atoms with Crippen LogP contribution in [-0.2, 0) is 0 Å². The molecular weight excluding hydrogens is 1350 g/mol. The lowest BCUT2D eigenvalue weighted by Crippen LogP contribution is -2.04. The highest BCUT2D eigenvalue weighted by atomic mass is 15.1. The van der Waals surface area contributed by atoms with E-state index in [0.717, 1.165) is 63.3 Å². The summed E-state index contributed by atoms with van der Waals surface area (Å²) in [6, 6.07) is 15.8. The van der Waals surface area contributed by atoms with Crippen molar-refractivity contribution >= 4 is 0 Å². The average molecular weight is 1510 g/mol. The van der Waals surface area contributed by atoms with Crippen molar-refractivity contribution in [3.05, 3.63) is 242 Å². The fraction of sp³-hybridized carbons (Fsp3) is 0.540. The molecule has 1 aromatic carbocycles. The van der Waals surface area contributed by atoms with Crippen LogP contribution < -0.4 is 0 Å². The molecule has 3 aliphatic rings. The summed E-state index contributed by atoms with van der Waals surface area (Å²) in [5, 5.41) is 28.7. The Balaban J connectivity index is -0.0000000813. The number of hydrogen-bond acceptors (Lipinski definition) is 22. The van der Waals surface area contributed by atoms with Gasteiger partial charge in [0.25, 0.3) is 0 Å². The van der Waals surface area contributed by atoms with E-state index < -0.39 is 0 Å². The van der Waals surface area contributed by atoms with Gasteiger partial charge in [-0.15, -0.1) is 15.3 Å². The lowest BCUT2D eigenvalue weighted by molar-refractivity contribution is 0.346. The van der Waals surface area contributed by atoms with E-state index in [9.17, 15) is 0 Å². The Hall–Kier alpha value is -9.60. The van der Waals surface area contributed by atoms with E-state index in [4.69, 9.17) is 0 Å². The number of nitrogens with zero attached hydrogens (tertiary/aromatic N) is 22. The van der Waals surface area contributed by atoms with Crippen LogP contribution in [0.15, 0.2) is 185 Å². The Bertz CT molecular complexity index is 2330. The van der Waals surface area contributed by atoms with Crippen LogP contribution in [0, 0.1) is 87.0 Å². The molecule has 0 aliphatic heterocycles. The summed E-state index contributed by atoms with van der Waals surface area (Å²) >= 11 is 0. The zero-order valence-electron chi connectivity index (χ0n) is 76.4. The molecule has 0 radical (unpaired) electrons. The zero-order chi connectivity index (χ0) is 86.8. The van der Waals surface area contributed by atoms with Gasteiger partial charge in [-0.1, -0.05) is 281 Å². The summed E-state index contributed by atoms with van der Waals surface area (Å²) in [5.74, 6) is 5.27. The van der Waals surface area contributed by atoms with Crippen molar-refractivity contribution in [2.75, 3.05) is 0 Å². The Morgan fingerprint density at radius 3 is 0.853 bits per heavy atom. The Morgan fingerprint density at radius 2 is 0.670 bits per heavy atom. The largest absolute Gasteiger partial charge is 0.261 e. The maximum atomic E-state index is 3.92. The highest BCUT2D eigenvalue weighted by molar-refractivity contribution is 5.12. The van der Waals surface area contributed by atoms with Gasteiger partial charge < -0.3 is 0 Å². The van der Waals surface area contributed by atoms with Crippen LogP contribution in [0.3, 0.4) is 0 Å². The fourth-order valence-electron chi connectivity index (χ4n) is 4.48. The summed E-state index contributed by atoms with van der Waals surface area (Å²) in [6.07, 6.45) is 44.2. The molecule has 10 aromatic rings. The van der Waals surface area contributed by atoms with Crippen molar-refractivity contribution in [1.82, 2.24) is 111 Å². The molecule has 0 saturated heterocycles. The molecule has 0 spiro atoms. The van der Waals surface area contributed by atoms with Gasteiger partial charge in [-0.05, 0) is 116 Å². The lowest BCUT2D eigenvalue weighted by atomic mass is 9.88. The minimum Gasteiger partial charge on any atom is -0.261 e.